The molecule has 2 fully saturated rings. The molecule has 0 radical (unpaired) electrons. The van der Waals surface area contributed by atoms with E-state index in [4.69, 9.17) is 0 Å². The van der Waals surface area contributed by atoms with Crippen LogP contribution in [0.5, 0.6) is 0 Å². The van der Waals surface area contributed by atoms with Crippen molar-refractivity contribution in [1.29, 1.82) is 0 Å². The number of benzene rings is 2. The van der Waals surface area contributed by atoms with Gasteiger partial charge in [0, 0.05) is 28.3 Å². The predicted octanol–water partition coefficient (Wildman–Crippen LogP) is 3.07. The number of hydrogen-bond donors (Lipinski definition) is 2. The van der Waals surface area contributed by atoms with Crippen molar-refractivity contribution in [2.75, 3.05) is 11.9 Å². The Morgan fingerprint density at radius 3 is 2.52 bits per heavy atom. The maximum Gasteiger partial charge on any atom is 0.250 e. The normalized spacial score (nSPS) is 29.1. The average molecular weight is 482 g/mol. The van der Waals surface area contributed by atoms with Gasteiger partial charge in [0.1, 0.15) is 5.54 Å². The van der Waals surface area contributed by atoms with Gasteiger partial charge in [-0.2, -0.15) is 0 Å². The second-order valence-electron chi connectivity index (χ2n) is 8.93. The van der Waals surface area contributed by atoms with Gasteiger partial charge in [0.15, 0.2) is 0 Å². The number of carbonyl (C=O) groups is 3. The summed E-state index contributed by atoms with van der Waals surface area (Å²) in [6.07, 6.45) is 0.596. The van der Waals surface area contributed by atoms with Gasteiger partial charge in [-0.25, -0.2) is 0 Å². The first-order valence-corrected chi connectivity index (χ1v) is 11.4. The molecule has 2 aromatic rings. The molecule has 3 amide bonds. The minimum atomic E-state index is -1.23. The topological polar surface area (TPSA) is 78.5 Å². The number of halogens is 1. The minimum absolute atomic E-state index is 0.0849. The molecular formula is C24H24BrN3O3. The van der Waals surface area contributed by atoms with Gasteiger partial charge in [-0.05, 0) is 36.1 Å². The van der Waals surface area contributed by atoms with Gasteiger partial charge in [-0.1, -0.05) is 60.1 Å². The van der Waals surface area contributed by atoms with Crippen LogP contribution >= 0.6 is 15.9 Å². The van der Waals surface area contributed by atoms with Crippen LogP contribution in [0.2, 0.25) is 0 Å². The van der Waals surface area contributed by atoms with Crippen LogP contribution in [-0.2, 0) is 26.3 Å². The zero-order valence-corrected chi connectivity index (χ0v) is 19.0. The Morgan fingerprint density at radius 2 is 1.81 bits per heavy atom. The summed E-state index contributed by atoms with van der Waals surface area (Å²) in [6, 6.07) is 15.1. The lowest BCUT2D eigenvalue weighted by Crippen LogP contribution is -2.54. The van der Waals surface area contributed by atoms with Crippen LogP contribution < -0.4 is 10.6 Å². The highest BCUT2D eigenvalue weighted by atomic mass is 79.9. The molecule has 0 bridgehead atoms. The van der Waals surface area contributed by atoms with Crippen LogP contribution in [0, 0.1) is 17.8 Å². The van der Waals surface area contributed by atoms with Crippen LogP contribution in [0.15, 0.2) is 53.0 Å². The first-order chi connectivity index (χ1) is 14.8. The Balaban J connectivity index is 1.55. The van der Waals surface area contributed by atoms with Gasteiger partial charge in [-0.3, -0.25) is 24.6 Å². The van der Waals surface area contributed by atoms with E-state index in [2.05, 4.69) is 26.6 Å². The number of likely N-dealkylation sites (tertiary alicyclic amines) is 1. The lowest BCUT2D eigenvalue weighted by Gasteiger charge is -2.30. The molecule has 2 aromatic carbocycles. The van der Waals surface area contributed by atoms with E-state index in [1.807, 2.05) is 62.4 Å². The summed E-state index contributed by atoms with van der Waals surface area (Å²) < 4.78 is 0.825. The maximum absolute atomic E-state index is 13.7. The first kappa shape index (κ1) is 20.4. The smallest absolute Gasteiger partial charge is 0.250 e. The molecule has 5 rings (SSSR count). The number of carbonyl (C=O) groups excluding carboxylic acids is 3. The van der Waals surface area contributed by atoms with Crippen LogP contribution in [0.4, 0.5) is 5.69 Å². The van der Waals surface area contributed by atoms with Gasteiger partial charge in [0.2, 0.25) is 17.7 Å². The highest BCUT2D eigenvalue weighted by Gasteiger charge is 2.70. The number of amides is 3. The summed E-state index contributed by atoms with van der Waals surface area (Å²) in [4.78, 5) is 41.9. The minimum Gasteiger partial charge on any atom is -0.324 e. The van der Waals surface area contributed by atoms with Crippen LogP contribution in [0.3, 0.4) is 0 Å². The maximum atomic E-state index is 13.7. The molecule has 6 nitrogen and oxygen atoms in total. The molecule has 0 aliphatic carbocycles. The summed E-state index contributed by atoms with van der Waals surface area (Å²) >= 11 is 3.49. The number of hydrogen-bond acceptors (Lipinski definition) is 4. The molecular weight excluding hydrogens is 458 g/mol. The molecule has 3 aliphatic rings. The third kappa shape index (κ3) is 2.90. The highest BCUT2D eigenvalue weighted by molar-refractivity contribution is 9.10. The Hall–Kier alpha value is -2.51. The lowest BCUT2D eigenvalue weighted by atomic mass is 9.76. The molecule has 4 atom stereocenters. The number of nitrogens with one attached hydrogen (secondary N) is 2. The van der Waals surface area contributed by atoms with Crippen LogP contribution in [0.1, 0.15) is 25.0 Å². The quantitative estimate of drug-likeness (QED) is 0.657. The third-order valence-electron chi connectivity index (χ3n) is 6.89. The standard InChI is InChI=1S/C24H24BrN3O3/c1-13(2)20-18-19(22(30)28(21(18)29)11-10-14-6-4-3-5-7-14)24(27-20)16-12-15(25)8-9-17(16)26-23(24)31/h3-9,12-13,18-20,27H,10-11H2,1-2H3,(H,26,31)/t18-,19-,20?,24?/m0/s1. The summed E-state index contributed by atoms with van der Waals surface area (Å²) in [6.45, 7) is 4.36. The van der Waals surface area contributed by atoms with E-state index in [1.165, 1.54) is 4.90 Å². The Labute approximate surface area is 189 Å². The molecule has 1 spiro atoms. The number of fused-ring (bicyclic) bond motifs is 4. The monoisotopic (exact) mass is 481 g/mol. The van der Waals surface area contributed by atoms with E-state index in [1.54, 1.807) is 0 Å². The third-order valence-corrected chi connectivity index (χ3v) is 7.38. The van der Waals surface area contributed by atoms with Crippen molar-refractivity contribution >= 4 is 39.3 Å². The second kappa shape index (κ2) is 7.28. The fourth-order valence-electron chi connectivity index (χ4n) is 5.44. The molecule has 0 saturated carbocycles. The SMILES string of the molecule is CC(C)C1NC2(C(=O)Nc3ccc(Br)cc32)[C@@H]2C(=O)N(CCc3ccccc3)C(=O)[C@H]12. The van der Waals surface area contributed by atoms with Crippen LogP contribution in [-0.4, -0.2) is 35.2 Å². The molecule has 3 aliphatic heterocycles. The summed E-state index contributed by atoms with van der Waals surface area (Å²) in [5, 5.41) is 6.39. The second-order valence-corrected chi connectivity index (χ2v) is 9.85. The van der Waals surface area contributed by atoms with E-state index in [-0.39, 0.29) is 29.7 Å². The van der Waals surface area contributed by atoms with Gasteiger partial charge in [0.25, 0.3) is 0 Å². The summed E-state index contributed by atoms with van der Waals surface area (Å²) in [5.41, 5.74) is 1.26. The fourth-order valence-corrected chi connectivity index (χ4v) is 5.81. The molecule has 7 heteroatoms. The van der Waals surface area contributed by atoms with Gasteiger partial charge < -0.3 is 5.32 Å². The van der Waals surface area contributed by atoms with E-state index in [0.29, 0.717) is 18.7 Å². The zero-order chi connectivity index (χ0) is 21.9. The predicted molar refractivity (Wildman–Crippen MR) is 120 cm³/mol. The molecule has 2 saturated heterocycles. The van der Waals surface area contributed by atoms with Crippen molar-refractivity contribution in [2.24, 2.45) is 17.8 Å². The molecule has 3 heterocycles. The van der Waals surface area contributed by atoms with Gasteiger partial charge in [-0.15, -0.1) is 0 Å². The molecule has 0 aromatic heterocycles. The Bertz CT molecular complexity index is 1090. The lowest BCUT2D eigenvalue weighted by molar-refractivity contribution is -0.142. The molecule has 2 unspecified atom stereocenters. The molecule has 2 N–H and O–H groups in total. The van der Waals surface area contributed by atoms with Crippen LogP contribution in [0.25, 0.3) is 0 Å². The van der Waals surface area contributed by atoms with Crippen molar-refractivity contribution in [3.05, 3.63) is 64.1 Å². The fraction of sp³-hybridized carbons (Fsp3) is 0.375. The zero-order valence-electron chi connectivity index (χ0n) is 17.4. The Kier molecular flexibility index (Phi) is 4.79. The average Bonchev–Trinajstić information content (AvgIpc) is 3.33. The van der Waals surface area contributed by atoms with E-state index < -0.39 is 17.4 Å². The van der Waals surface area contributed by atoms with Crippen molar-refractivity contribution < 1.29 is 14.4 Å². The van der Waals surface area contributed by atoms with Crippen molar-refractivity contribution in [3.8, 4) is 0 Å². The number of anilines is 1. The number of nitrogens with zero attached hydrogens (tertiary/aromatic N) is 1. The number of rotatable bonds is 4. The first-order valence-electron chi connectivity index (χ1n) is 10.6. The number of imide groups is 1. The van der Waals surface area contributed by atoms with Gasteiger partial charge in [0.05, 0.1) is 11.8 Å². The summed E-state index contributed by atoms with van der Waals surface area (Å²) in [7, 11) is 0. The molecule has 160 valence electrons. The van der Waals surface area contributed by atoms with E-state index in [0.717, 1.165) is 15.6 Å². The largest absolute Gasteiger partial charge is 0.324 e. The van der Waals surface area contributed by atoms with E-state index >= 15 is 0 Å². The van der Waals surface area contributed by atoms with Crippen molar-refractivity contribution in [2.45, 2.75) is 31.8 Å². The van der Waals surface area contributed by atoms with Crippen molar-refractivity contribution in [3.63, 3.8) is 0 Å². The van der Waals surface area contributed by atoms with Gasteiger partial charge >= 0.3 is 0 Å². The summed E-state index contributed by atoms with van der Waals surface area (Å²) in [5.74, 6) is -1.92. The molecule has 31 heavy (non-hydrogen) atoms. The van der Waals surface area contributed by atoms with Crippen molar-refractivity contribution in [1.82, 2.24) is 10.2 Å². The highest BCUT2D eigenvalue weighted by Crippen LogP contribution is 2.54. The Morgan fingerprint density at radius 1 is 1.06 bits per heavy atom. The van der Waals surface area contributed by atoms with E-state index in [9.17, 15) is 14.4 Å².